The van der Waals surface area contributed by atoms with Crippen molar-refractivity contribution in [2.75, 3.05) is 10.2 Å². The summed E-state index contributed by atoms with van der Waals surface area (Å²) in [6.45, 7) is 37.0. The number of hydrogen-bond acceptors (Lipinski definition) is 3. The van der Waals surface area contributed by atoms with Crippen LogP contribution in [0.25, 0.3) is 42.4 Å². The molecule has 0 atom stereocenters. The molecule has 7 aromatic carbocycles. The Morgan fingerprint density at radius 1 is 0.446 bits per heavy atom. The van der Waals surface area contributed by atoms with Crippen molar-refractivity contribution in [2.45, 2.75) is 180 Å². The monoisotopic (exact) mass is 989 g/mol. The van der Waals surface area contributed by atoms with Gasteiger partial charge in [-0.3, -0.25) is 0 Å². The lowest BCUT2D eigenvalue weighted by molar-refractivity contribution is 0.332. The molecule has 0 radical (unpaired) electrons. The van der Waals surface area contributed by atoms with Crippen LogP contribution >= 0.6 is 11.3 Å². The minimum Gasteiger partial charge on any atom is -0.355 e. The zero-order valence-electron chi connectivity index (χ0n) is 47.2. The van der Waals surface area contributed by atoms with Crippen LogP contribution in [0.2, 0.25) is 0 Å². The van der Waals surface area contributed by atoms with Gasteiger partial charge in [-0.2, -0.15) is 0 Å². The van der Waals surface area contributed by atoms with Crippen LogP contribution in [0, 0.1) is 6.92 Å². The first-order chi connectivity index (χ1) is 34.8. The van der Waals surface area contributed by atoms with E-state index in [-0.39, 0.29) is 37.9 Å². The van der Waals surface area contributed by atoms with Gasteiger partial charge in [0.2, 0.25) is 0 Å². The second kappa shape index (κ2) is 15.5. The van der Waals surface area contributed by atoms with E-state index in [0.717, 1.165) is 13.7 Å². The summed E-state index contributed by atoms with van der Waals surface area (Å²) in [7, 11) is 0.844. The Bertz CT molecular complexity index is 3740. The third-order valence-electron chi connectivity index (χ3n) is 20.2. The smallest absolute Gasteiger partial charge is 0.198 e. The third kappa shape index (κ3) is 6.94. The van der Waals surface area contributed by atoms with Crippen molar-refractivity contribution in [3.05, 3.63) is 159 Å². The van der Waals surface area contributed by atoms with Gasteiger partial charge in [0.1, 0.15) is 0 Å². The topological polar surface area (TPSA) is 15.3 Å². The van der Waals surface area contributed by atoms with Gasteiger partial charge in [-0.1, -0.05) is 163 Å². The molecule has 0 amide bonds. The molecule has 0 saturated carbocycles. The Morgan fingerprint density at radius 3 is 1.69 bits per heavy atom. The molecule has 0 fully saturated rings. The number of anilines is 5. The summed E-state index contributed by atoms with van der Waals surface area (Å²) in [6, 6.07) is 44.1. The van der Waals surface area contributed by atoms with Crippen LogP contribution in [0.5, 0.6) is 0 Å². The summed E-state index contributed by atoms with van der Waals surface area (Å²) in [5.74, 6) is 0. The summed E-state index contributed by atoms with van der Waals surface area (Å²) in [5, 5.41) is 6.96. The summed E-state index contributed by atoms with van der Waals surface area (Å²) >= 11 is 1.99. The predicted molar refractivity (Wildman–Crippen MR) is 324 cm³/mol. The van der Waals surface area contributed by atoms with Crippen LogP contribution in [0.1, 0.15) is 186 Å². The summed E-state index contributed by atoms with van der Waals surface area (Å²) in [4.78, 5) is 2.75. The fourth-order valence-corrected chi connectivity index (χ4v) is 16.2. The highest BCUT2D eigenvalue weighted by Crippen LogP contribution is 2.56. The summed E-state index contributed by atoms with van der Waals surface area (Å²) in [5.41, 5.74) is 28.1. The molecule has 4 heteroatoms. The van der Waals surface area contributed by atoms with Crippen molar-refractivity contribution in [3.8, 4) is 22.3 Å². The van der Waals surface area contributed by atoms with Crippen molar-refractivity contribution in [1.29, 1.82) is 0 Å². The number of hydrogen-bond donors (Lipinski definition) is 1. The first kappa shape index (κ1) is 48.1. The zero-order valence-corrected chi connectivity index (χ0v) is 48.0. The number of fused-ring (bicyclic) bond motifs is 11. The number of nitrogens with zero attached hydrogens (tertiary/aromatic N) is 1. The Kier molecular flexibility index (Phi) is 10.1. The Balaban J connectivity index is 1.14. The van der Waals surface area contributed by atoms with Gasteiger partial charge in [0.25, 0.3) is 0 Å². The van der Waals surface area contributed by atoms with E-state index in [9.17, 15) is 0 Å². The maximum atomic E-state index is 4.27. The number of nitrogens with one attached hydrogen (secondary N) is 1. The van der Waals surface area contributed by atoms with E-state index in [2.05, 4.69) is 223 Å². The first-order valence-corrected chi connectivity index (χ1v) is 28.9. The molecule has 0 saturated heterocycles. The van der Waals surface area contributed by atoms with Gasteiger partial charge in [-0.25, -0.2) is 0 Å². The average Bonchev–Trinajstić information content (AvgIpc) is 3.83. The van der Waals surface area contributed by atoms with E-state index in [1.807, 2.05) is 11.3 Å². The molecule has 0 unspecified atom stereocenters. The molecule has 4 aliphatic carbocycles. The minimum atomic E-state index is -0.117. The van der Waals surface area contributed by atoms with E-state index in [0.29, 0.717) is 0 Å². The molecular formula is C70H77BN2S. The van der Waals surface area contributed by atoms with Crippen LogP contribution < -0.4 is 21.1 Å². The molecule has 1 aromatic heterocycles. The standard InChI is InChI=1S/C70H77BN2S/c1-40-32-50-54(69(12,13)31-28-65(50,4)5)39-57(40)73-58-35-44-42-20-16-18-22-47(42)70(14,15)49(44)37-55(58)71-62-59(73)36-45-43-21-17-19-23-60(43)74-63(45)61(62)46-34-52-53(68(10,11)30-29-67(52,8)9)38-56(46)72-41-24-25-48-51(33-41)66(6,7)27-26-64(48,2)3/h16-25,32-39,71-72H,26-31H2,1-15H3. The van der Waals surface area contributed by atoms with Crippen LogP contribution in [0.15, 0.2) is 109 Å². The van der Waals surface area contributed by atoms with Crippen molar-refractivity contribution < 1.29 is 0 Å². The highest BCUT2D eigenvalue weighted by Gasteiger charge is 2.44. The molecule has 2 heterocycles. The predicted octanol–water partition coefficient (Wildman–Crippen LogP) is 18.3. The molecular weight excluding hydrogens is 912 g/mol. The molecule has 74 heavy (non-hydrogen) atoms. The lowest BCUT2D eigenvalue weighted by Crippen LogP contribution is -2.42. The van der Waals surface area contributed by atoms with Gasteiger partial charge in [-0.15, -0.1) is 11.3 Å². The van der Waals surface area contributed by atoms with Crippen molar-refractivity contribution in [1.82, 2.24) is 0 Å². The Labute approximate surface area is 447 Å². The lowest BCUT2D eigenvalue weighted by Gasteiger charge is -2.44. The van der Waals surface area contributed by atoms with Gasteiger partial charge in [0.05, 0.1) is 0 Å². The second-order valence-electron chi connectivity index (χ2n) is 28.2. The van der Waals surface area contributed by atoms with Gasteiger partial charge in [0.15, 0.2) is 7.28 Å². The highest BCUT2D eigenvalue weighted by molar-refractivity contribution is 7.26. The number of benzene rings is 7. The molecule has 0 bridgehead atoms. The van der Waals surface area contributed by atoms with E-state index >= 15 is 0 Å². The SMILES string of the molecule is Cc1cc2c(cc1N1c3cc4c(cc3Bc3c1cc1c(sc5ccccc51)c3-c1cc3c(cc1Nc1ccc5c(c1)C(C)(C)CCC5(C)C)C(C)(C)CCC3(C)C)C(C)(C)c1ccccc1-4)C(C)(C)CCC2(C)C. The third-order valence-corrected chi connectivity index (χ3v) is 21.4. The maximum absolute atomic E-state index is 4.27. The van der Waals surface area contributed by atoms with Gasteiger partial charge >= 0.3 is 0 Å². The normalized spacial score (nSPS) is 20.3. The van der Waals surface area contributed by atoms with E-state index < -0.39 is 0 Å². The average molecular weight is 989 g/mol. The minimum absolute atomic E-state index is 0.0221. The first-order valence-electron chi connectivity index (χ1n) is 28.1. The van der Waals surface area contributed by atoms with E-state index in [4.69, 9.17) is 0 Å². The quantitative estimate of drug-likeness (QED) is 0.177. The maximum Gasteiger partial charge on any atom is 0.198 e. The molecule has 2 nitrogen and oxygen atoms in total. The van der Waals surface area contributed by atoms with Crippen LogP contribution in [0.3, 0.4) is 0 Å². The fraction of sp³-hybridized carbons (Fsp3) is 0.400. The lowest BCUT2D eigenvalue weighted by atomic mass is 9.56. The number of aryl methyl sites for hydroxylation is 1. The molecule has 5 aliphatic rings. The summed E-state index contributed by atoms with van der Waals surface area (Å²) in [6.07, 6.45) is 7.09. The molecule has 376 valence electrons. The second-order valence-corrected chi connectivity index (χ2v) is 29.3. The van der Waals surface area contributed by atoms with Gasteiger partial charge in [0, 0.05) is 59.6 Å². The Morgan fingerprint density at radius 2 is 1.01 bits per heavy atom. The van der Waals surface area contributed by atoms with Crippen LogP contribution in [-0.2, 0) is 37.9 Å². The van der Waals surface area contributed by atoms with Gasteiger partial charge < -0.3 is 10.2 Å². The van der Waals surface area contributed by atoms with Crippen molar-refractivity contribution in [2.24, 2.45) is 0 Å². The molecule has 1 N–H and O–H groups in total. The fourth-order valence-electron chi connectivity index (χ4n) is 15.0. The van der Waals surface area contributed by atoms with Crippen LogP contribution in [-0.4, -0.2) is 7.28 Å². The van der Waals surface area contributed by atoms with Crippen molar-refractivity contribution in [3.63, 3.8) is 0 Å². The number of rotatable bonds is 4. The highest BCUT2D eigenvalue weighted by atomic mass is 32.1. The summed E-state index contributed by atoms with van der Waals surface area (Å²) < 4.78 is 2.73. The molecule has 0 spiro atoms. The zero-order chi connectivity index (χ0) is 52.0. The molecule has 13 rings (SSSR count). The number of thiophene rings is 1. The Hall–Kier alpha value is -5.58. The van der Waals surface area contributed by atoms with E-state index in [1.54, 1.807) is 0 Å². The van der Waals surface area contributed by atoms with Crippen LogP contribution in [0.4, 0.5) is 28.4 Å². The molecule has 1 aliphatic heterocycles. The largest absolute Gasteiger partial charge is 0.355 e. The van der Waals surface area contributed by atoms with Crippen molar-refractivity contribution >= 4 is 78.2 Å². The molecule has 8 aromatic rings. The van der Waals surface area contributed by atoms with Gasteiger partial charge in [-0.05, 0) is 199 Å². The van der Waals surface area contributed by atoms with E-state index in [1.165, 1.54) is 164 Å².